The van der Waals surface area contributed by atoms with E-state index in [2.05, 4.69) is 10.2 Å². The first kappa shape index (κ1) is 8.35. The maximum atomic E-state index is 10.3. The molecule has 11 heavy (non-hydrogen) atoms. The van der Waals surface area contributed by atoms with E-state index >= 15 is 0 Å². The molecular weight excluding hydrogens is 184 g/mol. The Hall–Kier alpha value is -0.750. The first-order valence-corrected chi connectivity index (χ1v) is 4.10. The summed E-state index contributed by atoms with van der Waals surface area (Å²) in [5.74, 6) is -1.82. The van der Waals surface area contributed by atoms with Crippen LogP contribution < -0.4 is 5.11 Å². The molecule has 60 valence electrons. The molecule has 0 amide bonds. The highest BCUT2D eigenvalue weighted by atomic mass is 32.1. The van der Waals surface area contributed by atoms with Crippen LogP contribution in [0.3, 0.4) is 0 Å². The van der Waals surface area contributed by atoms with Gasteiger partial charge in [-0.1, -0.05) is 18.3 Å². The van der Waals surface area contributed by atoms with Crippen molar-refractivity contribution in [3.05, 3.63) is 8.96 Å². The van der Waals surface area contributed by atoms with Gasteiger partial charge in [-0.25, -0.2) is 0 Å². The topological polar surface area (TPSA) is 68.8 Å². The van der Waals surface area contributed by atoms with Crippen molar-refractivity contribution < 1.29 is 9.90 Å². The maximum absolute atomic E-state index is 10.3. The molecule has 0 spiro atoms. The molecule has 0 saturated carbocycles. The Bertz CT molecular complexity index is 316. The number of H-pyrrole nitrogens is 1. The minimum Gasteiger partial charge on any atom is -0.549 e. The molecule has 1 rings (SSSR count). The van der Waals surface area contributed by atoms with E-state index in [4.69, 9.17) is 12.2 Å². The second kappa shape index (κ2) is 3.10. The molecule has 1 aromatic heterocycles. The number of hydrogen-bond acceptors (Lipinski definition) is 5. The van der Waals surface area contributed by atoms with Gasteiger partial charge in [0.2, 0.25) is 0 Å². The minimum atomic E-state index is -1.14. The van der Waals surface area contributed by atoms with Gasteiger partial charge in [0, 0.05) is 5.92 Å². The molecule has 0 saturated heterocycles. The van der Waals surface area contributed by atoms with Crippen molar-refractivity contribution >= 4 is 29.5 Å². The lowest BCUT2D eigenvalue weighted by molar-refractivity contribution is -0.307. The summed E-state index contributed by atoms with van der Waals surface area (Å²) in [5, 5.41) is 17.0. The summed E-state index contributed by atoms with van der Waals surface area (Å²) in [5.41, 5.74) is 0. The molecule has 1 N–H and O–H groups in total. The first-order chi connectivity index (χ1) is 5.11. The van der Waals surface area contributed by atoms with E-state index in [0.29, 0.717) is 8.96 Å². The van der Waals surface area contributed by atoms with E-state index in [1.807, 2.05) is 0 Å². The van der Waals surface area contributed by atoms with Crippen LogP contribution in [0, 0.1) is 3.95 Å². The van der Waals surface area contributed by atoms with E-state index in [9.17, 15) is 9.90 Å². The quantitative estimate of drug-likeness (QED) is 0.668. The summed E-state index contributed by atoms with van der Waals surface area (Å²) in [6.07, 6.45) is 0. The third-order valence-corrected chi connectivity index (χ3v) is 2.45. The third-order valence-electron chi connectivity index (χ3n) is 1.18. The number of aromatic amines is 1. The van der Waals surface area contributed by atoms with Gasteiger partial charge >= 0.3 is 0 Å². The van der Waals surface area contributed by atoms with Gasteiger partial charge < -0.3 is 9.90 Å². The van der Waals surface area contributed by atoms with E-state index in [1.54, 1.807) is 0 Å². The Kier molecular flexibility index (Phi) is 2.35. The normalized spacial score (nSPS) is 12.8. The Balaban J connectivity index is 2.93. The Morgan fingerprint density at radius 1 is 1.91 bits per heavy atom. The molecule has 0 aliphatic heterocycles. The fraction of sp³-hybridized carbons (Fsp3) is 0.400. The van der Waals surface area contributed by atoms with Crippen molar-refractivity contribution in [2.45, 2.75) is 12.8 Å². The molecule has 6 heteroatoms. The largest absolute Gasteiger partial charge is 0.549 e. The molecular formula is C5H5N2O2S2-. The van der Waals surface area contributed by atoms with Gasteiger partial charge in [0.25, 0.3) is 0 Å². The Morgan fingerprint density at radius 3 is 2.91 bits per heavy atom. The van der Waals surface area contributed by atoms with Crippen LogP contribution in [0.2, 0.25) is 0 Å². The number of carboxylic acid groups (broad SMARTS) is 1. The van der Waals surface area contributed by atoms with Crippen LogP contribution in [-0.2, 0) is 4.79 Å². The number of nitrogens with zero attached hydrogens (tertiary/aromatic N) is 1. The fourth-order valence-electron chi connectivity index (χ4n) is 0.527. The number of carbonyl (C=O) groups excluding carboxylic acids is 1. The van der Waals surface area contributed by atoms with Crippen LogP contribution in [0.4, 0.5) is 0 Å². The smallest absolute Gasteiger partial charge is 0.176 e. The van der Waals surface area contributed by atoms with Crippen molar-refractivity contribution in [1.29, 1.82) is 0 Å². The summed E-state index contributed by atoms with van der Waals surface area (Å²) in [4.78, 5) is 10.3. The lowest BCUT2D eigenvalue weighted by Crippen LogP contribution is -2.27. The number of aliphatic carboxylic acids is 1. The van der Waals surface area contributed by atoms with Crippen LogP contribution in [-0.4, -0.2) is 16.2 Å². The molecule has 0 aliphatic rings. The molecule has 0 aromatic carbocycles. The van der Waals surface area contributed by atoms with Gasteiger partial charge in [0.05, 0.1) is 5.97 Å². The minimum absolute atomic E-state index is 0.454. The van der Waals surface area contributed by atoms with Gasteiger partial charge in [-0.15, -0.1) is 0 Å². The standard InChI is InChI=1S/C5H6N2O2S2/c1-2(4(8)9)3-6-7-5(10)11-3/h2H,1H3,(H,7,10)(H,8,9)/p-1/t2-/m0/s1. The lowest BCUT2D eigenvalue weighted by atomic mass is 10.2. The molecule has 0 bridgehead atoms. The SMILES string of the molecule is C[C@H](C(=O)[O-])c1n[nH]c(=S)s1. The number of rotatable bonds is 2. The summed E-state index contributed by atoms with van der Waals surface area (Å²) in [6.45, 7) is 1.51. The number of nitrogens with one attached hydrogen (secondary N) is 1. The highest BCUT2D eigenvalue weighted by Gasteiger charge is 2.09. The van der Waals surface area contributed by atoms with Crippen molar-refractivity contribution in [3.63, 3.8) is 0 Å². The van der Waals surface area contributed by atoms with Gasteiger partial charge in [-0.3, -0.25) is 5.10 Å². The van der Waals surface area contributed by atoms with Crippen LogP contribution in [0.15, 0.2) is 0 Å². The van der Waals surface area contributed by atoms with Gasteiger partial charge in [0.15, 0.2) is 3.95 Å². The maximum Gasteiger partial charge on any atom is 0.176 e. The van der Waals surface area contributed by atoms with E-state index in [-0.39, 0.29) is 0 Å². The molecule has 1 heterocycles. The van der Waals surface area contributed by atoms with E-state index in [0.717, 1.165) is 11.3 Å². The predicted octanol–water partition coefficient (Wildman–Crippen LogP) is 0.0541. The second-order valence-corrected chi connectivity index (χ2v) is 3.69. The highest BCUT2D eigenvalue weighted by molar-refractivity contribution is 7.73. The lowest BCUT2D eigenvalue weighted by Gasteiger charge is -2.06. The van der Waals surface area contributed by atoms with Crippen LogP contribution in [0.5, 0.6) is 0 Å². The number of aromatic nitrogens is 2. The van der Waals surface area contributed by atoms with Crippen molar-refractivity contribution in [3.8, 4) is 0 Å². The molecule has 0 radical (unpaired) electrons. The van der Waals surface area contributed by atoms with Crippen molar-refractivity contribution in [1.82, 2.24) is 10.2 Å². The van der Waals surface area contributed by atoms with Crippen LogP contribution in [0.1, 0.15) is 17.8 Å². The van der Waals surface area contributed by atoms with Crippen molar-refractivity contribution in [2.24, 2.45) is 0 Å². The van der Waals surface area contributed by atoms with E-state index < -0.39 is 11.9 Å². The molecule has 1 aromatic rings. The third kappa shape index (κ3) is 1.84. The monoisotopic (exact) mass is 189 g/mol. The van der Waals surface area contributed by atoms with Gasteiger partial charge in [-0.2, -0.15) is 5.10 Å². The summed E-state index contributed by atoms with van der Waals surface area (Å²) in [7, 11) is 0. The highest BCUT2D eigenvalue weighted by Crippen LogP contribution is 2.16. The zero-order valence-electron chi connectivity index (χ0n) is 5.66. The first-order valence-electron chi connectivity index (χ1n) is 2.87. The number of hydrogen-bond donors (Lipinski definition) is 1. The molecule has 0 aliphatic carbocycles. The summed E-state index contributed by atoms with van der Waals surface area (Å²) < 4.78 is 0.480. The second-order valence-electron chi connectivity index (χ2n) is 1.99. The average molecular weight is 189 g/mol. The van der Waals surface area contributed by atoms with Gasteiger partial charge in [-0.05, 0) is 12.2 Å². The predicted molar refractivity (Wildman–Crippen MR) is 40.7 cm³/mol. The zero-order valence-corrected chi connectivity index (χ0v) is 7.29. The number of carbonyl (C=O) groups is 1. The number of carboxylic acids is 1. The Labute approximate surface area is 71.9 Å². The van der Waals surface area contributed by atoms with Crippen LogP contribution in [0.25, 0.3) is 0 Å². The average Bonchev–Trinajstić information content (AvgIpc) is 2.34. The van der Waals surface area contributed by atoms with Gasteiger partial charge in [0.1, 0.15) is 5.01 Å². The molecule has 1 atom stereocenters. The summed E-state index contributed by atoms with van der Waals surface area (Å²) >= 11 is 5.88. The Morgan fingerprint density at radius 2 is 2.55 bits per heavy atom. The summed E-state index contributed by atoms with van der Waals surface area (Å²) in [6, 6.07) is 0. The molecule has 0 unspecified atom stereocenters. The molecule has 0 fully saturated rings. The van der Waals surface area contributed by atoms with Crippen LogP contribution >= 0.6 is 23.6 Å². The van der Waals surface area contributed by atoms with Crippen molar-refractivity contribution in [2.75, 3.05) is 0 Å². The van der Waals surface area contributed by atoms with E-state index in [1.165, 1.54) is 6.92 Å². The molecule has 4 nitrogen and oxygen atoms in total. The zero-order chi connectivity index (χ0) is 8.43. The fourth-order valence-corrected chi connectivity index (χ4v) is 1.47.